The minimum atomic E-state index is -0.0343. The molecule has 0 bridgehead atoms. The van der Waals surface area contributed by atoms with E-state index in [1.807, 2.05) is 6.07 Å². The molecule has 0 amide bonds. The van der Waals surface area contributed by atoms with Gasteiger partial charge in [-0.25, -0.2) is 0 Å². The van der Waals surface area contributed by atoms with Crippen molar-refractivity contribution in [2.24, 2.45) is 5.92 Å². The maximum Gasteiger partial charge on any atom is 0.306 e. The van der Waals surface area contributed by atoms with Crippen LogP contribution in [0.3, 0.4) is 0 Å². The average molecular weight is 202 g/mol. The van der Waals surface area contributed by atoms with Crippen molar-refractivity contribution in [3.05, 3.63) is 35.4 Å². The lowest BCUT2D eigenvalue weighted by Gasteiger charge is -2.36. The molecule has 1 fully saturated rings. The number of esters is 1. The van der Waals surface area contributed by atoms with Crippen molar-refractivity contribution >= 4 is 5.97 Å². The van der Waals surface area contributed by atoms with Gasteiger partial charge in [0.15, 0.2) is 0 Å². The zero-order chi connectivity index (χ0) is 10.3. The van der Waals surface area contributed by atoms with Crippen molar-refractivity contribution in [3.8, 4) is 0 Å². The second kappa shape index (κ2) is 3.37. The number of carbonyl (C=O) groups excluding carboxylic acids is 1. The number of hydrogen-bond donors (Lipinski definition) is 0. The summed E-state index contributed by atoms with van der Waals surface area (Å²) in [6.45, 7) is 0. The summed E-state index contributed by atoms with van der Waals surface area (Å²) in [6.07, 6.45) is 3.93. The van der Waals surface area contributed by atoms with Crippen LogP contribution in [0.2, 0.25) is 0 Å². The van der Waals surface area contributed by atoms with Gasteiger partial charge >= 0.3 is 5.97 Å². The topological polar surface area (TPSA) is 26.3 Å². The number of hydrogen-bond acceptors (Lipinski definition) is 2. The molecular formula is C13H14O2. The predicted molar refractivity (Wildman–Crippen MR) is 56.3 cm³/mol. The van der Waals surface area contributed by atoms with E-state index in [1.54, 1.807) is 0 Å². The maximum atomic E-state index is 11.3. The number of aryl methyl sites for hydroxylation is 1. The number of carbonyl (C=O) groups is 1. The summed E-state index contributed by atoms with van der Waals surface area (Å²) in [7, 11) is 0. The molecule has 0 aromatic heterocycles. The fourth-order valence-corrected chi connectivity index (χ4v) is 2.74. The lowest BCUT2D eigenvalue weighted by atomic mass is 9.78. The zero-order valence-electron chi connectivity index (χ0n) is 8.61. The number of ether oxygens (including phenoxy) is 1. The molecule has 2 nitrogen and oxygen atoms in total. The fraction of sp³-hybridized carbons (Fsp3) is 0.462. The van der Waals surface area contributed by atoms with Gasteiger partial charge in [0, 0.05) is 12.3 Å². The molecule has 2 aliphatic rings. The van der Waals surface area contributed by atoms with Gasteiger partial charge in [0.1, 0.15) is 6.10 Å². The Kier molecular flexibility index (Phi) is 2.01. The molecule has 78 valence electrons. The van der Waals surface area contributed by atoms with E-state index in [2.05, 4.69) is 18.2 Å². The summed E-state index contributed by atoms with van der Waals surface area (Å²) in [5.41, 5.74) is 2.59. The molecule has 1 heterocycles. The Morgan fingerprint density at radius 3 is 2.87 bits per heavy atom. The van der Waals surface area contributed by atoms with Gasteiger partial charge in [0.2, 0.25) is 0 Å². The Morgan fingerprint density at radius 1 is 1.13 bits per heavy atom. The first-order chi connectivity index (χ1) is 7.34. The molecule has 1 aliphatic heterocycles. The van der Waals surface area contributed by atoms with Crippen molar-refractivity contribution in [1.29, 1.82) is 0 Å². The zero-order valence-corrected chi connectivity index (χ0v) is 8.61. The van der Waals surface area contributed by atoms with Gasteiger partial charge in [-0.15, -0.1) is 0 Å². The van der Waals surface area contributed by atoms with Gasteiger partial charge in [0.05, 0.1) is 0 Å². The third-order valence-corrected chi connectivity index (χ3v) is 3.55. The van der Waals surface area contributed by atoms with Crippen LogP contribution in [0.15, 0.2) is 24.3 Å². The summed E-state index contributed by atoms with van der Waals surface area (Å²) < 4.78 is 5.48. The highest BCUT2D eigenvalue weighted by atomic mass is 16.5. The van der Waals surface area contributed by atoms with E-state index in [4.69, 9.17) is 4.74 Å². The lowest BCUT2D eigenvalue weighted by molar-refractivity contribution is -0.159. The van der Waals surface area contributed by atoms with E-state index < -0.39 is 0 Å². The standard InChI is InChI=1S/C13H14O2/c14-12-8-7-10-6-5-9-3-1-2-4-11(9)13(10)15-12/h1-4,10,13H,5-8H2. The first-order valence-electron chi connectivity index (χ1n) is 5.62. The highest BCUT2D eigenvalue weighted by Gasteiger charge is 2.35. The summed E-state index contributed by atoms with van der Waals surface area (Å²) in [5, 5.41) is 0. The molecule has 0 spiro atoms. The minimum Gasteiger partial charge on any atom is -0.457 e. The Morgan fingerprint density at radius 2 is 1.93 bits per heavy atom. The van der Waals surface area contributed by atoms with E-state index in [9.17, 15) is 4.79 Å². The Hall–Kier alpha value is -1.31. The van der Waals surface area contributed by atoms with Gasteiger partial charge in [-0.3, -0.25) is 4.79 Å². The molecule has 1 saturated heterocycles. The van der Waals surface area contributed by atoms with Crippen LogP contribution in [0.25, 0.3) is 0 Å². The molecule has 2 heteroatoms. The van der Waals surface area contributed by atoms with E-state index in [-0.39, 0.29) is 12.1 Å². The van der Waals surface area contributed by atoms with Crippen LogP contribution in [0.5, 0.6) is 0 Å². The van der Waals surface area contributed by atoms with Crippen molar-refractivity contribution in [3.63, 3.8) is 0 Å². The molecule has 3 rings (SSSR count). The highest BCUT2D eigenvalue weighted by molar-refractivity contribution is 5.70. The molecule has 15 heavy (non-hydrogen) atoms. The monoisotopic (exact) mass is 202 g/mol. The summed E-state index contributed by atoms with van der Waals surface area (Å²) in [6, 6.07) is 8.34. The highest BCUT2D eigenvalue weighted by Crippen LogP contribution is 2.42. The Labute approximate surface area is 89.2 Å². The van der Waals surface area contributed by atoms with Crippen molar-refractivity contribution in [1.82, 2.24) is 0 Å². The molecule has 2 atom stereocenters. The summed E-state index contributed by atoms with van der Waals surface area (Å²) in [5.74, 6) is 0.519. The first kappa shape index (κ1) is 8.96. The smallest absolute Gasteiger partial charge is 0.306 e. The largest absolute Gasteiger partial charge is 0.457 e. The van der Waals surface area contributed by atoms with Crippen molar-refractivity contribution in [2.45, 2.75) is 31.8 Å². The quantitative estimate of drug-likeness (QED) is 0.604. The molecule has 2 unspecified atom stereocenters. The van der Waals surface area contributed by atoms with Crippen LogP contribution in [-0.4, -0.2) is 5.97 Å². The van der Waals surface area contributed by atoms with Crippen LogP contribution >= 0.6 is 0 Å². The van der Waals surface area contributed by atoms with Gasteiger partial charge in [0.25, 0.3) is 0 Å². The predicted octanol–water partition coefficient (Wildman–Crippen LogP) is 2.63. The van der Waals surface area contributed by atoms with Gasteiger partial charge < -0.3 is 4.74 Å². The van der Waals surface area contributed by atoms with Crippen molar-refractivity contribution in [2.75, 3.05) is 0 Å². The van der Waals surface area contributed by atoms with Gasteiger partial charge in [-0.2, -0.15) is 0 Å². The Bertz CT molecular complexity index is 397. The van der Waals surface area contributed by atoms with E-state index >= 15 is 0 Å². The average Bonchev–Trinajstić information content (AvgIpc) is 2.29. The minimum absolute atomic E-state index is 0.0343. The maximum absolute atomic E-state index is 11.3. The van der Waals surface area contributed by atoms with Crippen LogP contribution in [0.4, 0.5) is 0 Å². The second-order valence-electron chi connectivity index (χ2n) is 4.45. The normalized spacial score (nSPS) is 28.9. The molecule has 0 radical (unpaired) electrons. The summed E-state index contributed by atoms with van der Waals surface area (Å²) >= 11 is 0. The lowest BCUT2D eigenvalue weighted by Crippen LogP contribution is -2.30. The van der Waals surface area contributed by atoms with Crippen LogP contribution < -0.4 is 0 Å². The third kappa shape index (κ3) is 1.44. The number of fused-ring (bicyclic) bond motifs is 3. The second-order valence-corrected chi connectivity index (χ2v) is 4.45. The molecular weight excluding hydrogens is 188 g/mol. The van der Waals surface area contributed by atoms with E-state index in [0.29, 0.717) is 12.3 Å². The first-order valence-corrected chi connectivity index (χ1v) is 5.62. The van der Waals surface area contributed by atoms with Crippen LogP contribution in [0.1, 0.15) is 36.5 Å². The summed E-state index contributed by atoms with van der Waals surface area (Å²) in [4.78, 5) is 11.3. The Balaban J connectivity index is 2.00. The van der Waals surface area contributed by atoms with Gasteiger partial charge in [-0.05, 0) is 30.4 Å². The van der Waals surface area contributed by atoms with Crippen LogP contribution in [0, 0.1) is 5.92 Å². The number of rotatable bonds is 0. The SMILES string of the molecule is O=C1CCC2CCc3ccccc3C2O1. The fourth-order valence-electron chi connectivity index (χ4n) is 2.74. The van der Waals surface area contributed by atoms with Gasteiger partial charge in [-0.1, -0.05) is 24.3 Å². The van der Waals surface area contributed by atoms with Crippen LogP contribution in [-0.2, 0) is 16.0 Å². The van der Waals surface area contributed by atoms with Crippen molar-refractivity contribution < 1.29 is 9.53 Å². The number of benzene rings is 1. The molecule has 1 aromatic rings. The molecule has 0 N–H and O–H groups in total. The molecule has 1 aliphatic carbocycles. The van der Waals surface area contributed by atoms with E-state index in [0.717, 1.165) is 19.3 Å². The third-order valence-electron chi connectivity index (χ3n) is 3.55. The molecule has 0 saturated carbocycles. The van der Waals surface area contributed by atoms with E-state index in [1.165, 1.54) is 11.1 Å². The molecule has 1 aromatic carbocycles.